The number of benzene rings is 3. The molecule has 3 aromatic carbocycles. The second kappa shape index (κ2) is 16.5. The van der Waals surface area contributed by atoms with Crippen LogP contribution >= 0.6 is 0 Å². The zero-order valence-electron chi connectivity index (χ0n) is 26.6. The van der Waals surface area contributed by atoms with E-state index in [4.69, 9.17) is 18.9 Å². The molecule has 1 fully saturated rings. The molecule has 0 radical (unpaired) electrons. The van der Waals surface area contributed by atoms with Crippen molar-refractivity contribution in [3.63, 3.8) is 0 Å². The molecule has 1 aromatic heterocycles. The van der Waals surface area contributed by atoms with Gasteiger partial charge in [0.25, 0.3) is 5.56 Å². The average Bonchev–Trinajstić information content (AvgIpc) is 3.40. The highest BCUT2D eigenvalue weighted by Gasteiger charge is 2.51. The Bertz CT molecular complexity index is 1790. The molecule has 48 heavy (non-hydrogen) atoms. The Labute approximate surface area is 277 Å². The van der Waals surface area contributed by atoms with Crippen LogP contribution in [0, 0.1) is 0 Å². The van der Waals surface area contributed by atoms with Crippen molar-refractivity contribution in [3.8, 4) is 0 Å². The van der Waals surface area contributed by atoms with Crippen molar-refractivity contribution in [2.24, 2.45) is 0 Å². The Kier molecular flexibility index (Phi) is 11.7. The Morgan fingerprint density at radius 1 is 0.729 bits per heavy atom. The van der Waals surface area contributed by atoms with Crippen molar-refractivity contribution in [2.45, 2.75) is 70.0 Å². The number of carbonyl (C=O) groups excluding carboxylic acids is 3. The minimum Gasteiger partial charge on any atom is -0.463 e. The zero-order chi connectivity index (χ0) is 33.9. The maximum atomic E-state index is 13.3. The van der Waals surface area contributed by atoms with Gasteiger partial charge in [0.2, 0.25) is 0 Å². The summed E-state index contributed by atoms with van der Waals surface area (Å²) in [4.78, 5) is 67.6. The van der Waals surface area contributed by atoms with Crippen LogP contribution in [-0.4, -0.2) is 52.4 Å². The van der Waals surface area contributed by atoms with Gasteiger partial charge in [-0.3, -0.25) is 28.7 Å². The van der Waals surface area contributed by atoms with Crippen LogP contribution in [0.3, 0.4) is 0 Å². The third kappa shape index (κ3) is 9.16. The lowest BCUT2D eigenvalue weighted by atomic mass is 10.1. The molecule has 11 heteroatoms. The molecule has 250 valence electrons. The van der Waals surface area contributed by atoms with Crippen LogP contribution in [0.25, 0.3) is 0 Å². The largest absolute Gasteiger partial charge is 0.463 e. The fourth-order valence-electron chi connectivity index (χ4n) is 5.50. The Morgan fingerprint density at radius 3 is 1.75 bits per heavy atom. The van der Waals surface area contributed by atoms with E-state index in [0.717, 1.165) is 16.6 Å². The van der Waals surface area contributed by atoms with Crippen molar-refractivity contribution in [3.05, 3.63) is 140 Å². The Balaban J connectivity index is 1.47. The molecule has 0 bridgehead atoms. The molecule has 0 unspecified atom stereocenters. The van der Waals surface area contributed by atoms with E-state index in [1.165, 1.54) is 6.20 Å². The van der Waals surface area contributed by atoms with Gasteiger partial charge in [-0.2, -0.15) is 0 Å². The van der Waals surface area contributed by atoms with Crippen LogP contribution < -0.4 is 11.2 Å². The first-order valence-corrected chi connectivity index (χ1v) is 16.0. The first-order chi connectivity index (χ1) is 23.3. The third-order valence-electron chi connectivity index (χ3n) is 7.92. The predicted molar refractivity (Wildman–Crippen MR) is 175 cm³/mol. The number of esters is 3. The molecule has 0 saturated carbocycles. The van der Waals surface area contributed by atoms with E-state index in [-0.39, 0.29) is 25.9 Å². The van der Waals surface area contributed by atoms with Gasteiger partial charge in [0.15, 0.2) is 18.4 Å². The van der Waals surface area contributed by atoms with Crippen LogP contribution in [0.1, 0.15) is 48.2 Å². The predicted octanol–water partition coefficient (Wildman–Crippen LogP) is 3.87. The second-order valence-corrected chi connectivity index (χ2v) is 11.6. The van der Waals surface area contributed by atoms with Gasteiger partial charge in [-0.25, -0.2) is 4.79 Å². The van der Waals surface area contributed by atoms with Crippen LogP contribution in [0.15, 0.2) is 107 Å². The number of aromatic nitrogens is 2. The summed E-state index contributed by atoms with van der Waals surface area (Å²) in [5, 5.41) is 0. The molecule has 11 nitrogen and oxygen atoms in total. The molecule has 1 saturated heterocycles. The molecule has 1 N–H and O–H groups in total. The summed E-state index contributed by atoms with van der Waals surface area (Å²) >= 11 is 0. The molecular weight excluding hydrogens is 616 g/mol. The maximum Gasteiger partial charge on any atom is 0.330 e. The number of aryl methyl sites for hydroxylation is 1. The minimum atomic E-state index is -1.33. The van der Waals surface area contributed by atoms with E-state index in [1.54, 1.807) is 72.8 Å². The van der Waals surface area contributed by atoms with Gasteiger partial charge in [-0.15, -0.1) is 0 Å². The second-order valence-electron chi connectivity index (χ2n) is 11.6. The lowest BCUT2D eigenvalue weighted by molar-refractivity contribution is -0.168. The SMILES string of the molecule is CCCCc1cn([C@@H]2O[C@H](COC(=O)Cc3ccccc3)[C@@H](OC(=O)Cc3ccccc3)[C@H]2OC(=O)Cc2ccccc2)c(=O)[nH]c1=O. The molecule has 4 atom stereocenters. The molecule has 1 aliphatic rings. The average molecular weight is 655 g/mol. The number of unbranched alkanes of at least 4 members (excludes halogenated alkanes) is 1. The summed E-state index contributed by atoms with van der Waals surface area (Å²) in [6.45, 7) is 1.61. The zero-order valence-corrected chi connectivity index (χ0v) is 26.6. The number of rotatable bonds is 14. The number of carbonyl (C=O) groups is 3. The summed E-state index contributed by atoms with van der Waals surface area (Å²) in [6, 6.07) is 26.9. The molecule has 0 spiro atoms. The van der Waals surface area contributed by atoms with Gasteiger partial charge >= 0.3 is 23.6 Å². The summed E-state index contributed by atoms with van der Waals surface area (Å²) in [5.41, 5.74) is 1.13. The minimum absolute atomic E-state index is 0.00882. The number of nitrogens with one attached hydrogen (secondary N) is 1. The van der Waals surface area contributed by atoms with E-state index >= 15 is 0 Å². The smallest absolute Gasteiger partial charge is 0.330 e. The normalized spacial score (nSPS) is 18.6. The quantitative estimate of drug-likeness (QED) is 0.158. The molecule has 2 heterocycles. The van der Waals surface area contributed by atoms with Crippen molar-refractivity contribution in [1.82, 2.24) is 9.55 Å². The van der Waals surface area contributed by atoms with E-state index in [9.17, 15) is 24.0 Å². The van der Waals surface area contributed by atoms with Crippen molar-refractivity contribution >= 4 is 17.9 Å². The number of aromatic amines is 1. The number of hydrogen-bond donors (Lipinski definition) is 1. The van der Waals surface area contributed by atoms with E-state index in [1.807, 2.05) is 25.1 Å². The van der Waals surface area contributed by atoms with Gasteiger partial charge < -0.3 is 18.9 Å². The summed E-state index contributed by atoms with van der Waals surface area (Å²) < 4.78 is 24.9. The summed E-state index contributed by atoms with van der Waals surface area (Å²) in [5.74, 6) is -1.85. The molecule has 0 amide bonds. The lowest BCUT2D eigenvalue weighted by Crippen LogP contribution is -2.43. The number of hydrogen-bond acceptors (Lipinski definition) is 9. The highest BCUT2D eigenvalue weighted by atomic mass is 16.7. The van der Waals surface area contributed by atoms with E-state index in [2.05, 4.69) is 4.98 Å². The third-order valence-corrected chi connectivity index (χ3v) is 7.92. The molecule has 4 aromatic rings. The maximum absolute atomic E-state index is 13.3. The standard InChI is InChI=1S/C37H38N2O9/c1-2-3-19-28-23-39(37(44)38-35(28)43)36-34(48-32(42)22-27-17-11-6-12-18-27)33(47-31(41)21-26-15-9-5-10-16-26)29(46-36)24-45-30(40)20-25-13-7-4-8-14-25/h4-18,23,29,33-34,36H,2-3,19-22,24H2,1H3,(H,38,43,44)/t29-,33-,34-,36-/m1/s1. The first-order valence-electron chi connectivity index (χ1n) is 16.0. The fourth-order valence-corrected chi connectivity index (χ4v) is 5.50. The topological polar surface area (TPSA) is 143 Å². The highest BCUT2D eigenvalue weighted by Crippen LogP contribution is 2.34. The molecular formula is C37H38N2O9. The molecule has 0 aliphatic carbocycles. The monoisotopic (exact) mass is 654 g/mol. The summed E-state index contributed by atoms with van der Waals surface area (Å²) in [6.07, 6.45) is -1.96. The Morgan fingerprint density at radius 2 is 1.23 bits per heavy atom. The van der Waals surface area contributed by atoms with E-state index in [0.29, 0.717) is 29.5 Å². The highest BCUT2D eigenvalue weighted by molar-refractivity contribution is 5.74. The van der Waals surface area contributed by atoms with Gasteiger partial charge in [-0.05, 0) is 29.5 Å². The van der Waals surface area contributed by atoms with Crippen molar-refractivity contribution in [2.75, 3.05) is 6.61 Å². The van der Waals surface area contributed by atoms with Gasteiger partial charge in [-0.1, -0.05) is 104 Å². The van der Waals surface area contributed by atoms with Crippen molar-refractivity contribution in [1.29, 1.82) is 0 Å². The number of H-pyrrole nitrogens is 1. The fraction of sp³-hybridized carbons (Fsp3) is 0.324. The van der Waals surface area contributed by atoms with Crippen LogP contribution in [0.5, 0.6) is 0 Å². The lowest BCUT2D eigenvalue weighted by Gasteiger charge is -2.25. The number of nitrogens with zero attached hydrogens (tertiary/aromatic N) is 1. The molecule has 1 aliphatic heterocycles. The van der Waals surface area contributed by atoms with E-state index < -0.39 is 53.7 Å². The van der Waals surface area contributed by atoms with Crippen molar-refractivity contribution < 1.29 is 33.3 Å². The number of ether oxygens (including phenoxy) is 4. The van der Waals surface area contributed by atoms with Crippen LogP contribution in [0.2, 0.25) is 0 Å². The van der Waals surface area contributed by atoms with Gasteiger partial charge in [0.1, 0.15) is 12.7 Å². The van der Waals surface area contributed by atoms with Crippen LogP contribution in [0.4, 0.5) is 0 Å². The summed E-state index contributed by atoms with van der Waals surface area (Å²) in [7, 11) is 0. The molecule has 5 rings (SSSR count). The van der Waals surface area contributed by atoms with Crippen LogP contribution in [-0.2, 0) is 59.0 Å². The van der Waals surface area contributed by atoms with Gasteiger partial charge in [0.05, 0.1) is 19.3 Å². The first kappa shape index (κ1) is 34.1. The Hall–Kier alpha value is -5.29. The van der Waals surface area contributed by atoms with Gasteiger partial charge in [0, 0.05) is 11.8 Å².